The molecule has 1 atom stereocenters. The molecule has 0 aliphatic carbocycles. The van der Waals surface area contributed by atoms with Crippen LogP contribution in [0.1, 0.15) is 37.0 Å². The summed E-state index contributed by atoms with van der Waals surface area (Å²) in [5.41, 5.74) is 3.83. The lowest BCUT2D eigenvalue weighted by Crippen LogP contribution is -2.37. The molecule has 0 spiro atoms. The van der Waals surface area contributed by atoms with E-state index in [1.165, 1.54) is 16.7 Å². The number of hydrogen-bond donors (Lipinski definition) is 1. The van der Waals surface area contributed by atoms with Crippen LogP contribution in [0.25, 0.3) is 0 Å². The van der Waals surface area contributed by atoms with Crippen LogP contribution in [0, 0.1) is 6.92 Å². The predicted molar refractivity (Wildman–Crippen MR) is 120 cm³/mol. The number of hydrogen-bond acceptors (Lipinski definition) is 4. The normalized spacial score (nSPS) is 12.1. The molecular formula is C25H35NO4. The highest BCUT2D eigenvalue weighted by Crippen LogP contribution is 2.21. The summed E-state index contributed by atoms with van der Waals surface area (Å²) in [5.74, 6) is 0.0246. The van der Waals surface area contributed by atoms with Crippen LogP contribution >= 0.6 is 0 Å². The predicted octanol–water partition coefficient (Wildman–Crippen LogP) is 4.36. The molecule has 1 N–H and O–H groups in total. The Balaban J connectivity index is 1.99. The van der Waals surface area contributed by atoms with Gasteiger partial charge in [-0.25, -0.2) is 0 Å². The molecule has 0 heterocycles. The van der Waals surface area contributed by atoms with E-state index in [2.05, 4.69) is 56.0 Å². The van der Waals surface area contributed by atoms with Gasteiger partial charge in [0.25, 0.3) is 0 Å². The van der Waals surface area contributed by atoms with Crippen LogP contribution in [0.3, 0.4) is 0 Å². The number of aryl methyl sites for hydroxylation is 3. The zero-order valence-corrected chi connectivity index (χ0v) is 18.5. The zero-order chi connectivity index (χ0) is 21.8. The van der Waals surface area contributed by atoms with Gasteiger partial charge in [-0.1, -0.05) is 56.3 Å². The Hall–Kier alpha value is -2.37. The summed E-state index contributed by atoms with van der Waals surface area (Å²) >= 11 is 0. The molecule has 2 aromatic carbocycles. The number of benzene rings is 2. The number of carbonyl (C=O) groups is 1. The summed E-state index contributed by atoms with van der Waals surface area (Å²) in [7, 11) is 0. The fourth-order valence-corrected chi connectivity index (χ4v) is 3.43. The third-order valence-electron chi connectivity index (χ3n) is 5.35. The van der Waals surface area contributed by atoms with Crippen molar-refractivity contribution in [2.75, 3.05) is 32.8 Å². The van der Waals surface area contributed by atoms with Gasteiger partial charge in [0, 0.05) is 6.54 Å². The van der Waals surface area contributed by atoms with Gasteiger partial charge in [-0.15, -0.1) is 0 Å². The SMILES string of the molecule is CCN(CC)CC(COc1ccccc1CCc1ccccc1C)OCCC(=O)O. The van der Waals surface area contributed by atoms with Crippen LogP contribution in [0.2, 0.25) is 0 Å². The number of aliphatic carboxylic acids is 1. The highest BCUT2D eigenvalue weighted by atomic mass is 16.5. The van der Waals surface area contributed by atoms with E-state index in [1.807, 2.05) is 18.2 Å². The number of rotatable bonds is 14. The maximum atomic E-state index is 10.8. The van der Waals surface area contributed by atoms with Gasteiger partial charge in [0.1, 0.15) is 18.5 Å². The summed E-state index contributed by atoms with van der Waals surface area (Å²) in [6.07, 6.45) is 1.70. The molecule has 0 bridgehead atoms. The van der Waals surface area contributed by atoms with Crippen molar-refractivity contribution in [3.63, 3.8) is 0 Å². The highest BCUT2D eigenvalue weighted by molar-refractivity contribution is 5.66. The van der Waals surface area contributed by atoms with Gasteiger partial charge >= 0.3 is 5.97 Å². The van der Waals surface area contributed by atoms with E-state index in [4.69, 9.17) is 14.6 Å². The second-order valence-electron chi connectivity index (χ2n) is 7.47. The number of likely N-dealkylation sites (N-methyl/N-ethyl adjacent to an activating group) is 1. The average Bonchev–Trinajstić information content (AvgIpc) is 2.75. The quantitative estimate of drug-likeness (QED) is 0.499. The van der Waals surface area contributed by atoms with Crippen molar-refractivity contribution < 1.29 is 19.4 Å². The molecule has 0 aliphatic rings. The molecule has 2 rings (SSSR count). The molecule has 0 amide bonds. The van der Waals surface area contributed by atoms with E-state index in [-0.39, 0.29) is 19.1 Å². The van der Waals surface area contributed by atoms with Crippen LogP contribution in [-0.2, 0) is 22.4 Å². The highest BCUT2D eigenvalue weighted by Gasteiger charge is 2.16. The third-order valence-corrected chi connectivity index (χ3v) is 5.35. The van der Waals surface area contributed by atoms with Crippen molar-refractivity contribution in [3.8, 4) is 5.75 Å². The lowest BCUT2D eigenvalue weighted by atomic mass is 10.0. The number of nitrogens with zero attached hydrogens (tertiary/aromatic N) is 1. The minimum absolute atomic E-state index is 0.00175. The summed E-state index contributed by atoms with van der Waals surface area (Å²) < 4.78 is 12.0. The second kappa shape index (κ2) is 13.0. The maximum absolute atomic E-state index is 10.8. The van der Waals surface area contributed by atoms with Crippen LogP contribution in [0.5, 0.6) is 5.75 Å². The van der Waals surface area contributed by atoms with Crippen LogP contribution < -0.4 is 4.74 Å². The first-order chi connectivity index (χ1) is 14.5. The van der Waals surface area contributed by atoms with E-state index in [0.29, 0.717) is 6.61 Å². The minimum atomic E-state index is -0.848. The molecular weight excluding hydrogens is 378 g/mol. The fraction of sp³-hybridized carbons (Fsp3) is 0.480. The Kier molecular flexibility index (Phi) is 10.4. The molecule has 5 nitrogen and oxygen atoms in total. The Labute approximate surface area is 180 Å². The zero-order valence-electron chi connectivity index (χ0n) is 18.5. The summed E-state index contributed by atoms with van der Waals surface area (Å²) in [6.45, 7) is 9.52. The number of carboxylic acid groups (broad SMARTS) is 1. The van der Waals surface area contributed by atoms with Gasteiger partial charge in [-0.05, 0) is 55.6 Å². The summed E-state index contributed by atoms with van der Waals surface area (Å²) in [4.78, 5) is 13.1. The first-order valence-corrected chi connectivity index (χ1v) is 10.8. The Morgan fingerprint density at radius 1 is 1.00 bits per heavy atom. The lowest BCUT2D eigenvalue weighted by molar-refractivity contribution is -0.139. The van der Waals surface area contributed by atoms with Gasteiger partial charge in [-0.3, -0.25) is 4.79 Å². The van der Waals surface area contributed by atoms with Crippen LogP contribution in [0.15, 0.2) is 48.5 Å². The maximum Gasteiger partial charge on any atom is 0.305 e. The number of para-hydroxylation sites is 1. The average molecular weight is 414 g/mol. The van der Waals surface area contributed by atoms with E-state index < -0.39 is 5.97 Å². The number of ether oxygens (including phenoxy) is 2. The standard InChI is InChI=1S/C25H35NO4/c1-4-26(5-2)18-23(29-17-16-25(27)28)19-30-24-13-9-8-12-22(24)15-14-21-11-7-6-10-20(21)3/h6-13,23H,4-5,14-19H2,1-3H3,(H,27,28). The molecule has 1 unspecified atom stereocenters. The van der Waals surface area contributed by atoms with Crippen molar-refractivity contribution >= 4 is 5.97 Å². The molecule has 0 aliphatic heterocycles. The largest absolute Gasteiger partial charge is 0.491 e. The van der Waals surface area contributed by atoms with Gasteiger partial charge in [0.05, 0.1) is 13.0 Å². The van der Waals surface area contributed by atoms with Crippen molar-refractivity contribution in [2.24, 2.45) is 0 Å². The van der Waals surface area contributed by atoms with E-state index in [1.54, 1.807) is 0 Å². The summed E-state index contributed by atoms with van der Waals surface area (Å²) in [6, 6.07) is 16.6. The molecule has 164 valence electrons. The first kappa shape index (κ1) is 23.9. The minimum Gasteiger partial charge on any atom is -0.491 e. The lowest BCUT2D eigenvalue weighted by Gasteiger charge is -2.26. The topological polar surface area (TPSA) is 59.0 Å². The molecule has 5 heteroatoms. The molecule has 0 fully saturated rings. The van der Waals surface area contributed by atoms with Crippen molar-refractivity contribution in [1.29, 1.82) is 0 Å². The van der Waals surface area contributed by atoms with Crippen LogP contribution in [0.4, 0.5) is 0 Å². The molecule has 30 heavy (non-hydrogen) atoms. The number of carboxylic acids is 1. The van der Waals surface area contributed by atoms with Gasteiger partial charge in [0.15, 0.2) is 0 Å². The van der Waals surface area contributed by atoms with Crippen molar-refractivity contribution in [1.82, 2.24) is 4.90 Å². The van der Waals surface area contributed by atoms with Crippen molar-refractivity contribution in [2.45, 2.75) is 46.1 Å². The monoisotopic (exact) mass is 413 g/mol. The smallest absolute Gasteiger partial charge is 0.305 e. The Morgan fingerprint density at radius 2 is 1.63 bits per heavy atom. The first-order valence-electron chi connectivity index (χ1n) is 10.8. The Morgan fingerprint density at radius 3 is 2.30 bits per heavy atom. The molecule has 2 aromatic rings. The molecule has 0 radical (unpaired) electrons. The van der Waals surface area contributed by atoms with Gasteiger partial charge in [-0.2, -0.15) is 0 Å². The van der Waals surface area contributed by atoms with E-state index >= 15 is 0 Å². The fourth-order valence-electron chi connectivity index (χ4n) is 3.43. The third kappa shape index (κ3) is 8.17. The second-order valence-corrected chi connectivity index (χ2v) is 7.47. The molecule has 0 saturated heterocycles. The van der Waals surface area contributed by atoms with E-state index in [0.717, 1.165) is 38.2 Å². The Bertz CT molecular complexity index is 773. The molecule has 0 aromatic heterocycles. The summed E-state index contributed by atoms with van der Waals surface area (Å²) in [5, 5.41) is 8.90. The van der Waals surface area contributed by atoms with E-state index in [9.17, 15) is 4.79 Å². The molecule has 0 saturated carbocycles. The van der Waals surface area contributed by atoms with Gasteiger partial charge in [0.2, 0.25) is 0 Å². The van der Waals surface area contributed by atoms with Crippen molar-refractivity contribution in [3.05, 3.63) is 65.2 Å². The van der Waals surface area contributed by atoms with Gasteiger partial charge < -0.3 is 19.5 Å². The van der Waals surface area contributed by atoms with Crippen LogP contribution in [-0.4, -0.2) is 54.9 Å².